The molecule has 2 aromatic rings. The third-order valence-corrected chi connectivity index (χ3v) is 4.34. The van der Waals surface area contributed by atoms with Crippen molar-refractivity contribution in [3.8, 4) is 5.75 Å². The Hall–Kier alpha value is -1.78. The third kappa shape index (κ3) is 4.62. The maximum absolute atomic E-state index is 11.9. The fourth-order valence-electron chi connectivity index (χ4n) is 1.78. The Labute approximate surface area is 133 Å². The number of thiophene rings is 1. The van der Waals surface area contributed by atoms with Crippen molar-refractivity contribution in [3.05, 3.63) is 57.3 Å². The van der Waals surface area contributed by atoms with Crippen LogP contribution in [0.1, 0.15) is 23.4 Å². The van der Waals surface area contributed by atoms with Gasteiger partial charge in [0.15, 0.2) is 0 Å². The number of carbonyl (C=O) groups excluding carboxylic acids is 1. The minimum atomic E-state index is -0.136. The molecule has 110 valence electrons. The summed E-state index contributed by atoms with van der Waals surface area (Å²) in [5.41, 5.74) is 0.942. The van der Waals surface area contributed by atoms with Gasteiger partial charge in [-0.2, -0.15) is 0 Å². The van der Waals surface area contributed by atoms with Crippen LogP contribution >= 0.6 is 22.9 Å². The van der Waals surface area contributed by atoms with Crippen LogP contribution in [-0.4, -0.2) is 13.0 Å². The molecule has 0 aliphatic rings. The molecule has 0 aliphatic heterocycles. The predicted octanol–water partition coefficient (Wildman–Crippen LogP) is 4.30. The first-order valence-electron chi connectivity index (χ1n) is 6.46. The third-order valence-electron chi connectivity index (χ3n) is 2.92. The van der Waals surface area contributed by atoms with Gasteiger partial charge < -0.3 is 10.1 Å². The summed E-state index contributed by atoms with van der Waals surface area (Å²) in [5, 5.41) is 2.90. The van der Waals surface area contributed by atoms with Crippen molar-refractivity contribution in [2.75, 3.05) is 7.11 Å². The molecule has 0 aliphatic carbocycles. The van der Waals surface area contributed by atoms with E-state index in [9.17, 15) is 4.79 Å². The fraction of sp³-hybridized carbons (Fsp3) is 0.188. The molecule has 21 heavy (non-hydrogen) atoms. The van der Waals surface area contributed by atoms with Gasteiger partial charge in [-0.15, -0.1) is 11.3 Å². The van der Waals surface area contributed by atoms with E-state index in [0.717, 1.165) is 20.5 Å². The monoisotopic (exact) mass is 321 g/mol. The number of nitrogens with one attached hydrogen (secondary N) is 1. The molecule has 3 nitrogen and oxygen atoms in total. The van der Waals surface area contributed by atoms with E-state index in [2.05, 4.69) is 5.32 Å². The molecule has 1 heterocycles. The molecule has 1 unspecified atom stereocenters. The van der Waals surface area contributed by atoms with Crippen molar-refractivity contribution in [2.24, 2.45) is 0 Å². The van der Waals surface area contributed by atoms with Crippen LogP contribution < -0.4 is 10.1 Å². The highest BCUT2D eigenvalue weighted by Crippen LogP contribution is 2.26. The smallest absolute Gasteiger partial charge is 0.244 e. The summed E-state index contributed by atoms with van der Waals surface area (Å²) in [5.74, 6) is 0.655. The van der Waals surface area contributed by atoms with Crippen LogP contribution in [-0.2, 0) is 4.79 Å². The van der Waals surface area contributed by atoms with Gasteiger partial charge in [-0.1, -0.05) is 23.7 Å². The average molecular weight is 322 g/mol. The molecule has 1 N–H and O–H groups in total. The Morgan fingerprint density at radius 3 is 2.57 bits per heavy atom. The quantitative estimate of drug-likeness (QED) is 0.834. The summed E-state index contributed by atoms with van der Waals surface area (Å²) in [4.78, 5) is 12.9. The van der Waals surface area contributed by atoms with Gasteiger partial charge in [0.05, 0.1) is 17.5 Å². The number of hydrogen-bond donors (Lipinski definition) is 1. The second kappa shape index (κ2) is 7.29. The van der Waals surface area contributed by atoms with E-state index < -0.39 is 0 Å². The number of halogens is 1. The van der Waals surface area contributed by atoms with Crippen molar-refractivity contribution in [1.82, 2.24) is 5.32 Å². The molecule has 1 aromatic carbocycles. The van der Waals surface area contributed by atoms with Crippen molar-refractivity contribution < 1.29 is 9.53 Å². The summed E-state index contributed by atoms with van der Waals surface area (Å²) in [7, 11) is 1.62. The molecular formula is C16H16ClNO2S. The Morgan fingerprint density at radius 1 is 1.29 bits per heavy atom. The van der Waals surface area contributed by atoms with Crippen LogP contribution in [0.15, 0.2) is 42.5 Å². The number of benzene rings is 1. The molecule has 0 fully saturated rings. The highest BCUT2D eigenvalue weighted by Gasteiger charge is 2.09. The van der Waals surface area contributed by atoms with E-state index >= 15 is 0 Å². The zero-order valence-corrected chi connectivity index (χ0v) is 13.4. The number of methoxy groups -OCH3 is 1. The Bertz CT molecular complexity index is 634. The van der Waals surface area contributed by atoms with Gasteiger partial charge >= 0.3 is 0 Å². The summed E-state index contributed by atoms with van der Waals surface area (Å²) in [6, 6.07) is 11.2. The lowest BCUT2D eigenvalue weighted by atomic mass is 10.2. The topological polar surface area (TPSA) is 38.3 Å². The second-order valence-corrected chi connectivity index (χ2v) is 6.23. The fourth-order valence-corrected chi connectivity index (χ4v) is 2.84. The van der Waals surface area contributed by atoms with Gasteiger partial charge in [0.25, 0.3) is 0 Å². The molecule has 1 atom stereocenters. The van der Waals surface area contributed by atoms with Crippen LogP contribution in [0.5, 0.6) is 5.75 Å². The minimum absolute atomic E-state index is 0.0597. The molecule has 0 radical (unpaired) electrons. The summed E-state index contributed by atoms with van der Waals surface area (Å²) >= 11 is 7.36. The van der Waals surface area contributed by atoms with Crippen LogP contribution in [0, 0.1) is 0 Å². The standard InChI is InChI=1S/C16H16ClNO2S/c1-11(14-8-9-15(17)21-14)18-16(19)10-5-12-3-6-13(20-2)7-4-12/h3-11H,1-2H3,(H,18,19)/b10-5+. The number of amides is 1. The molecule has 5 heteroatoms. The molecule has 2 rings (SSSR count). The first-order chi connectivity index (χ1) is 10.1. The van der Waals surface area contributed by atoms with Crippen molar-refractivity contribution in [2.45, 2.75) is 13.0 Å². The molecule has 1 amide bonds. The van der Waals surface area contributed by atoms with E-state index in [0.29, 0.717) is 0 Å². The summed E-state index contributed by atoms with van der Waals surface area (Å²) in [6.45, 7) is 1.93. The van der Waals surface area contributed by atoms with E-state index in [1.54, 1.807) is 13.2 Å². The lowest BCUT2D eigenvalue weighted by molar-refractivity contribution is -0.117. The predicted molar refractivity (Wildman–Crippen MR) is 87.9 cm³/mol. The second-order valence-electron chi connectivity index (χ2n) is 4.48. The van der Waals surface area contributed by atoms with Crippen LogP contribution in [0.3, 0.4) is 0 Å². The van der Waals surface area contributed by atoms with Crippen LogP contribution in [0.2, 0.25) is 4.34 Å². The normalized spacial score (nSPS) is 12.3. The SMILES string of the molecule is COc1ccc(/C=C/C(=O)NC(C)c2ccc(Cl)s2)cc1. The van der Waals surface area contributed by atoms with Crippen LogP contribution in [0.25, 0.3) is 6.08 Å². The summed E-state index contributed by atoms with van der Waals surface area (Å²) < 4.78 is 5.81. The molecule has 1 aromatic heterocycles. The molecule has 0 saturated carbocycles. The zero-order chi connectivity index (χ0) is 15.2. The number of rotatable bonds is 5. The number of ether oxygens (including phenoxy) is 1. The minimum Gasteiger partial charge on any atom is -0.497 e. The van der Waals surface area contributed by atoms with Crippen molar-refractivity contribution in [3.63, 3.8) is 0 Å². The maximum atomic E-state index is 11.9. The van der Waals surface area contributed by atoms with E-state index in [4.69, 9.17) is 16.3 Å². The van der Waals surface area contributed by atoms with Gasteiger partial charge in [0, 0.05) is 11.0 Å². The van der Waals surface area contributed by atoms with Crippen molar-refractivity contribution >= 4 is 34.9 Å². The Balaban J connectivity index is 1.92. The largest absolute Gasteiger partial charge is 0.497 e. The van der Waals surface area contributed by atoms with Crippen molar-refractivity contribution in [1.29, 1.82) is 0 Å². The van der Waals surface area contributed by atoms with E-state index in [-0.39, 0.29) is 11.9 Å². The van der Waals surface area contributed by atoms with Gasteiger partial charge in [-0.3, -0.25) is 4.79 Å². The zero-order valence-electron chi connectivity index (χ0n) is 11.8. The van der Waals surface area contributed by atoms with Gasteiger partial charge in [-0.25, -0.2) is 0 Å². The molecule has 0 bridgehead atoms. The molecular weight excluding hydrogens is 306 g/mol. The van der Waals surface area contributed by atoms with Gasteiger partial charge in [0.1, 0.15) is 5.75 Å². The number of carbonyl (C=O) groups is 1. The first kappa shape index (κ1) is 15.6. The Morgan fingerprint density at radius 2 is 2.00 bits per heavy atom. The average Bonchev–Trinajstić information content (AvgIpc) is 2.92. The van der Waals surface area contributed by atoms with Crippen LogP contribution in [0.4, 0.5) is 0 Å². The van der Waals surface area contributed by atoms with E-state index in [1.807, 2.05) is 43.3 Å². The molecule has 0 saturated heterocycles. The first-order valence-corrected chi connectivity index (χ1v) is 7.66. The molecule has 0 spiro atoms. The van der Waals surface area contributed by atoms with E-state index in [1.165, 1.54) is 17.4 Å². The van der Waals surface area contributed by atoms with Gasteiger partial charge in [-0.05, 0) is 42.8 Å². The lowest BCUT2D eigenvalue weighted by Gasteiger charge is -2.09. The van der Waals surface area contributed by atoms with Gasteiger partial charge in [0.2, 0.25) is 5.91 Å². The highest BCUT2D eigenvalue weighted by molar-refractivity contribution is 7.16. The maximum Gasteiger partial charge on any atom is 0.244 e. The summed E-state index contributed by atoms with van der Waals surface area (Å²) in [6.07, 6.45) is 3.29. The Kier molecular flexibility index (Phi) is 5.42. The lowest BCUT2D eigenvalue weighted by Crippen LogP contribution is -2.23. The number of hydrogen-bond acceptors (Lipinski definition) is 3. The highest BCUT2D eigenvalue weighted by atomic mass is 35.5.